The first-order valence-electron chi connectivity index (χ1n) is 7.31. The molecule has 1 aliphatic rings. The molecule has 2 unspecified atom stereocenters. The Balaban J connectivity index is 2.06. The van der Waals surface area contributed by atoms with Crippen LogP contribution in [0.15, 0.2) is 18.3 Å². The maximum Gasteiger partial charge on any atom is 0.341 e. The van der Waals surface area contributed by atoms with Gasteiger partial charge in [0.1, 0.15) is 11.4 Å². The van der Waals surface area contributed by atoms with Gasteiger partial charge in [-0.25, -0.2) is 9.78 Å². The van der Waals surface area contributed by atoms with Gasteiger partial charge in [-0.05, 0) is 57.8 Å². The summed E-state index contributed by atoms with van der Waals surface area (Å²) in [6.07, 6.45) is 4.09. The number of anilines is 1. The fourth-order valence-electron chi connectivity index (χ4n) is 2.53. The first-order chi connectivity index (χ1) is 9.72. The van der Waals surface area contributed by atoms with E-state index in [9.17, 15) is 4.79 Å². The van der Waals surface area contributed by atoms with Gasteiger partial charge in [-0.2, -0.15) is 0 Å². The van der Waals surface area contributed by atoms with Crippen molar-refractivity contribution in [1.82, 2.24) is 10.3 Å². The molecule has 20 heavy (non-hydrogen) atoms. The summed E-state index contributed by atoms with van der Waals surface area (Å²) >= 11 is 0. The molecule has 0 aliphatic carbocycles. The lowest BCUT2D eigenvalue weighted by molar-refractivity contribution is 0.0527. The number of nitrogens with one attached hydrogen (secondary N) is 2. The van der Waals surface area contributed by atoms with Crippen LogP contribution in [-0.4, -0.2) is 36.7 Å². The number of esters is 1. The van der Waals surface area contributed by atoms with Crippen molar-refractivity contribution in [3.63, 3.8) is 0 Å². The Hall–Kier alpha value is -1.62. The topological polar surface area (TPSA) is 63.2 Å². The van der Waals surface area contributed by atoms with E-state index >= 15 is 0 Å². The SMILES string of the molecule is CCOC(=O)c1cccnc1NC(C)C1CCCNC1. The summed E-state index contributed by atoms with van der Waals surface area (Å²) in [7, 11) is 0. The minimum atomic E-state index is -0.322. The molecule has 110 valence electrons. The Labute approximate surface area is 120 Å². The van der Waals surface area contributed by atoms with Crippen LogP contribution in [0.2, 0.25) is 0 Å². The number of carbonyl (C=O) groups is 1. The molecule has 5 heteroatoms. The first kappa shape index (κ1) is 14.8. The number of rotatable bonds is 5. The highest BCUT2D eigenvalue weighted by Gasteiger charge is 2.22. The van der Waals surface area contributed by atoms with Gasteiger partial charge >= 0.3 is 5.97 Å². The van der Waals surface area contributed by atoms with Gasteiger partial charge in [0.15, 0.2) is 0 Å². The Bertz CT molecular complexity index is 444. The summed E-state index contributed by atoms with van der Waals surface area (Å²) in [5.41, 5.74) is 0.505. The zero-order chi connectivity index (χ0) is 14.4. The maximum absolute atomic E-state index is 11.9. The van der Waals surface area contributed by atoms with Crippen LogP contribution in [0.3, 0.4) is 0 Å². The van der Waals surface area contributed by atoms with Crippen LogP contribution in [0.1, 0.15) is 37.0 Å². The van der Waals surface area contributed by atoms with Crippen molar-refractivity contribution in [2.24, 2.45) is 5.92 Å². The molecule has 1 aromatic rings. The number of hydrogen-bond donors (Lipinski definition) is 2. The highest BCUT2D eigenvalue weighted by atomic mass is 16.5. The number of piperidine rings is 1. The molecule has 0 spiro atoms. The van der Waals surface area contributed by atoms with Crippen LogP contribution in [0, 0.1) is 5.92 Å². The van der Waals surface area contributed by atoms with Crippen molar-refractivity contribution in [1.29, 1.82) is 0 Å². The zero-order valence-electron chi connectivity index (χ0n) is 12.2. The van der Waals surface area contributed by atoms with Crippen LogP contribution in [-0.2, 0) is 4.74 Å². The Morgan fingerprint density at radius 2 is 2.50 bits per heavy atom. The summed E-state index contributed by atoms with van der Waals surface area (Å²) in [5.74, 6) is 0.849. The average molecular weight is 277 g/mol. The molecule has 0 bridgehead atoms. The molecule has 1 aliphatic heterocycles. The van der Waals surface area contributed by atoms with E-state index in [0.717, 1.165) is 13.1 Å². The molecular weight excluding hydrogens is 254 g/mol. The van der Waals surface area contributed by atoms with E-state index in [2.05, 4.69) is 22.5 Å². The number of hydrogen-bond acceptors (Lipinski definition) is 5. The predicted molar refractivity (Wildman–Crippen MR) is 78.9 cm³/mol. The van der Waals surface area contributed by atoms with Gasteiger partial charge in [0.25, 0.3) is 0 Å². The van der Waals surface area contributed by atoms with E-state index in [0.29, 0.717) is 23.9 Å². The number of nitrogens with zero attached hydrogens (tertiary/aromatic N) is 1. The molecule has 1 saturated heterocycles. The standard InChI is InChI=1S/C15H23N3O2/c1-3-20-15(19)13-7-5-9-17-14(13)18-11(2)12-6-4-8-16-10-12/h5,7,9,11-12,16H,3-4,6,8,10H2,1-2H3,(H,17,18). The molecule has 1 aromatic heterocycles. The van der Waals surface area contributed by atoms with Crippen LogP contribution < -0.4 is 10.6 Å². The Morgan fingerprint density at radius 1 is 1.65 bits per heavy atom. The fourth-order valence-corrected chi connectivity index (χ4v) is 2.53. The third kappa shape index (κ3) is 3.70. The second-order valence-electron chi connectivity index (χ2n) is 5.16. The summed E-state index contributed by atoms with van der Waals surface area (Å²) in [6, 6.07) is 3.77. The highest BCUT2D eigenvalue weighted by molar-refractivity contribution is 5.94. The number of pyridine rings is 1. The number of aromatic nitrogens is 1. The Morgan fingerprint density at radius 3 is 3.20 bits per heavy atom. The van der Waals surface area contributed by atoms with Gasteiger partial charge < -0.3 is 15.4 Å². The normalized spacial score (nSPS) is 20.2. The highest BCUT2D eigenvalue weighted by Crippen LogP contribution is 2.20. The van der Waals surface area contributed by atoms with E-state index in [1.54, 1.807) is 25.3 Å². The smallest absolute Gasteiger partial charge is 0.341 e. The van der Waals surface area contributed by atoms with Gasteiger partial charge in [0.05, 0.1) is 6.61 Å². The monoisotopic (exact) mass is 277 g/mol. The molecule has 2 N–H and O–H groups in total. The lowest BCUT2D eigenvalue weighted by atomic mass is 9.93. The molecule has 0 radical (unpaired) electrons. The molecular formula is C15H23N3O2. The lowest BCUT2D eigenvalue weighted by Crippen LogP contribution is -2.39. The van der Waals surface area contributed by atoms with E-state index in [1.807, 2.05) is 0 Å². The average Bonchev–Trinajstić information content (AvgIpc) is 2.49. The van der Waals surface area contributed by atoms with Gasteiger partial charge in [-0.3, -0.25) is 0 Å². The largest absolute Gasteiger partial charge is 0.462 e. The van der Waals surface area contributed by atoms with Crippen LogP contribution in [0.5, 0.6) is 0 Å². The molecule has 0 saturated carbocycles. The minimum Gasteiger partial charge on any atom is -0.462 e. The van der Waals surface area contributed by atoms with Crippen LogP contribution in [0.4, 0.5) is 5.82 Å². The van der Waals surface area contributed by atoms with Crippen LogP contribution >= 0.6 is 0 Å². The minimum absolute atomic E-state index is 0.269. The number of carbonyl (C=O) groups excluding carboxylic acids is 1. The van der Waals surface area contributed by atoms with Gasteiger partial charge in [-0.15, -0.1) is 0 Å². The third-order valence-electron chi connectivity index (χ3n) is 3.71. The zero-order valence-corrected chi connectivity index (χ0v) is 12.2. The van der Waals surface area contributed by atoms with Gasteiger partial charge in [0.2, 0.25) is 0 Å². The lowest BCUT2D eigenvalue weighted by Gasteiger charge is -2.29. The second-order valence-corrected chi connectivity index (χ2v) is 5.16. The summed E-state index contributed by atoms with van der Waals surface area (Å²) in [5, 5.41) is 6.77. The summed E-state index contributed by atoms with van der Waals surface area (Å²) < 4.78 is 5.06. The molecule has 5 nitrogen and oxygen atoms in total. The molecule has 2 atom stereocenters. The summed E-state index contributed by atoms with van der Waals surface area (Å²) in [6.45, 7) is 6.42. The third-order valence-corrected chi connectivity index (χ3v) is 3.71. The van der Waals surface area contributed by atoms with Crippen molar-refractivity contribution in [3.05, 3.63) is 23.9 Å². The quantitative estimate of drug-likeness (QED) is 0.807. The van der Waals surface area contributed by atoms with Gasteiger partial charge in [0, 0.05) is 12.2 Å². The maximum atomic E-state index is 11.9. The van der Waals surface area contributed by atoms with Crippen molar-refractivity contribution >= 4 is 11.8 Å². The van der Waals surface area contributed by atoms with E-state index in [1.165, 1.54) is 12.8 Å². The van der Waals surface area contributed by atoms with E-state index in [4.69, 9.17) is 4.74 Å². The number of ether oxygens (including phenoxy) is 1. The molecule has 1 fully saturated rings. The molecule has 2 heterocycles. The van der Waals surface area contributed by atoms with Crippen molar-refractivity contribution in [2.75, 3.05) is 25.0 Å². The molecule has 2 rings (SSSR count). The van der Waals surface area contributed by atoms with E-state index < -0.39 is 0 Å². The van der Waals surface area contributed by atoms with Gasteiger partial charge in [-0.1, -0.05) is 0 Å². The predicted octanol–water partition coefficient (Wildman–Crippen LogP) is 2.06. The summed E-state index contributed by atoms with van der Waals surface area (Å²) in [4.78, 5) is 16.2. The first-order valence-corrected chi connectivity index (χ1v) is 7.31. The fraction of sp³-hybridized carbons (Fsp3) is 0.600. The molecule has 0 aromatic carbocycles. The second kappa shape index (κ2) is 7.24. The Kier molecular flexibility index (Phi) is 5.35. The van der Waals surface area contributed by atoms with Crippen LogP contribution in [0.25, 0.3) is 0 Å². The van der Waals surface area contributed by atoms with E-state index in [-0.39, 0.29) is 12.0 Å². The van der Waals surface area contributed by atoms with Crippen molar-refractivity contribution < 1.29 is 9.53 Å². The molecule has 0 amide bonds. The van der Waals surface area contributed by atoms with Crippen molar-refractivity contribution in [2.45, 2.75) is 32.7 Å². The van der Waals surface area contributed by atoms with Crippen molar-refractivity contribution in [3.8, 4) is 0 Å².